The molecule has 0 fully saturated rings. The molecule has 0 aliphatic heterocycles. The van der Waals surface area contributed by atoms with Crippen molar-refractivity contribution in [2.24, 2.45) is 0 Å². The Morgan fingerprint density at radius 1 is 1.07 bits per heavy atom. The molecule has 3 heteroatoms. The highest BCUT2D eigenvalue weighted by molar-refractivity contribution is 5.86. The van der Waals surface area contributed by atoms with Crippen LogP contribution < -0.4 is 0 Å². The summed E-state index contributed by atoms with van der Waals surface area (Å²) < 4.78 is 0. The van der Waals surface area contributed by atoms with Crippen LogP contribution >= 0.6 is 0 Å². The molecule has 3 rings (SSSR count). The standard InChI is InChI=1S/C21H28N2.C6H7N/c1-5-8-9-21(23(14-6-2)15-7-3)17(4)18-10-11-20-19(16-18)12-13-22-20;1-6-2-4-7-5-3-6/h5,8-13,16,22H,4,6-7,14-15H2,1-3H3;2-5H,1H3/b8-5-,21-9+;. The van der Waals surface area contributed by atoms with Crippen molar-refractivity contribution in [2.45, 2.75) is 40.5 Å². The van der Waals surface area contributed by atoms with E-state index in [1.54, 1.807) is 12.4 Å². The maximum absolute atomic E-state index is 4.40. The Bertz CT molecular complexity index is 958. The predicted octanol–water partition coefficient (Wildman–Crippen LogP) is 7.15. The summed E-state index contributed by atoms with van der Waals surface area (Å²) in [5.74, 6) is 0. The summed E-state index contributed by atoms with van der Waals surface area (Å²) in [7, 11) is 0. The van der Waals surface area contributed by atoms with Crippen molar-refractivity contribution in [2.75, 3.05) is 13.1 Å². The summed E-state index contributed by atoms with van der Waals surface area (Å²) in [6.45, 7) is 15.1. The molecule has 1 aromatic carbocycles. The first kappa shape index (κ1) is 23.2. The number of aromatic amines is 1. The van der Waals surface area contributed by atoms with Gasteiger partial charge in [0.15, 0.2) is 0 Å². The maximum atomic E-state index is 4.40. The first-order valence-corrected chi connectivity index (χ1v) is 10.8. The number of aromatic nitrogens is 2. The fraction of sp³-hybridized carbons (Fsp3) is 0.296. The summed E-state index contributed by atoms with van der Waals surface area (Å²) in [5.41, 5.74) is 5.93. The second-order valence-electron chi connectivity index (χ2n) is 7.35. The van der Waals surface area contributed by atoms with E-state index in [0.717, 1.165) is 31.5 Å². The SMILES string of the molecule is C=C(/C(=C\C=C/C)N(CCC)CCC)c1ccc2[nH]ccc2c1.Cc1ccncc1. The molecule has 0 saturated heterocycles. The van der Waals surface area contributed by atoms with Gasteiger partial charge in [0.25, 0.3) is 0 Å². The van der Waals surface area contributed by atoms with Gasteiger partial charge >= 0.3 is 0 Å². The van der Waals surface area contributed by atoms with Crippen LogP contribution in [0, 0.1) is 6.92 Å². The van der Waals surface area contributed by atoms with Crippen molar-refractivity contribution in [1.82, 2.24) is 14.9 Å². The molecule has 0 bridgehead atoms. The lowest BCUT2D eigenvalue weighted by molar-refractivity contribution is 0.358. The maximum Gasteiger partial charge on any atom is 0.0454 e. The van der Waals surface area contributed by atoms with Crippen LogP contribution in [0.1, 0.15) is 44.7 Å². The highest BCUT2D eigenvalue weighted by Gasteiger charge is 2.13. The Morgan fingerprint density at radius 2 is 1.77 bits per heavy atom. The van der Waals surface area contributed by atoms with Gasteiger partial charge < -0.3 is 9.88 Å². The molecule has 3 nitrogen and oxygen atoms in total. The molecule has 0 spiro atoms. The van der Waals surface area contributed by atoms with Crippen LogP contribution in [0.4, 0.5) is 0 Å². The molecule has 0 radical (unpaired) electrons. The van der Waals surface area contributed by atoms with Crippen LogP contribution in [-0.2, 0) is 0 Å². The van der Waals surface area contributed by atoms with Gasteiger partial charge in [0.05, 0.1) is 0 Å². The van der Waals surface area contributed by atoms with E-state index in [0.29, 0.717) is 0 Å². The Morgan fingerprint density at radius 3 is 2.33 bits per heavy atom. The van der Waals surface area contributed by atoms with Crippen molar-refractivity contribution < 1.29 is 0 Å². The summed E-state index contributed by atoms with van der Waals surface area (Å²) in [6.07, 6.45) is 14.2. The van der Waals surface area contributed by atoms with Gasteiger partial charge in [-0.1, -0.05) is 38.6 Å². The number of pyridine rings is 1. The van der Waals surface area contributed by atoms with Crippen LogP contribution in [0.15, 0.2) is 85.5 Å². The molecular formula is C27H35N3. The zero-order valence-corrected chi connectivity index (χ0v) is 18.9. The van der Waals surface area contributed by atoms with E-state index >= 15 is 0 Å². The average Bonchev–Trinajstić information content (AvgIpc) is 3.23. The van der Waals surface area contributed by atoms with E-state index in [1.807, 2.05) is 32.2 Å². The van der Waals surface area contributed by atoms with Gasteiger partial charge in [0.2, 0.25) is 0 Å². The van der Waals surface area contributed by atoms with Crippen LogP contribution in [0.5, 0.6) is 0 Å². The van der Waals surface area contributed by atoms with Crippen molar-refractivity contribution in [1.29, 1.82) is 0 Å². The molecule has 2 aromatic heterocycles. The van der Waals surface area contributed by atoms with Crippen LogP contribution in [0.25, 0.3) is 16.5 Å². The molecule has 0 aliphatic carbocycles. The highest BCUT2D eigenvalue weighted by Crippen LogP contribution is 2.27. The molecule has 1 N–H and O–H groups in total. The number of fused-ring (bicyclic) bond motifs is 1. The van der Waals surface area contributed by atoms with E-state index < -0.39 is 0 Å². The monoisotopic (exact) mass is 401 g/mol. The van der Waals surface area contributed by atoms with Crippen molar-refractivity contribution in [3.63, 3.8) is 0 Å². The number of hydrogen-bond acceptors (Lipinski definition) is 2. The molecular weight excluding hydrogens is 366 g/mol. The second kappa shape index (κ2) is 12.5. The van der Waals surface area contributed by atoms with Crippen molar-refractivity contribution >= 4 is 16.5 Å². The van der Waals surface area contributed by atoms with E-state index in [4.69, 9.17) is 0 Å². The van der Waals surface area contributed by atoms with E-state index in [2.05, 4.69) is 77.8 Å². The van der Waals surface area contributed by atoms with Crippen LogP contribution in [0.2, 0.25) is 0 Å². The van der Waals surface area contributed by atoms with Gasteiger partial charge in [-0.25, -0.2) is 0 Å². The minimum Gasteiger partial charge on any atom is -0.371 e. The van der Waals surface area contributed by atoms with Crippen LogP contribution in [-0.4, -0.2) is 28.0 Å². The lowest BCUT2D eigenvalue weighted by Crippen LogP contribution is -2.25. The third-order valence-electron chi connectivity index (χ3n) is 4.83. The minimum absolute atomic E-state index is 1.06. The van der Waals surface area contributed by atoms with Gasteiger partial charge in [0, 0.05) is 42.9 Å². The van der Waals surface area contributed by atoms with E-state index in [-0.39, 0.29) is 0 Å². The number of aryl methyl sites for hydroxylation is 1. The predicted molar refractivity (Wildman–Crippen MR) is 131 cm³/mol. The van der Waals surface area contributed by atoms with Gasteiger partial charge in [0.1, 0.15) is 0 Å². The fourth-order valence-corrected chi connectivity index (χ4v) is 3.29. The lowest BCUT2D eigenvalue weighted by Gasteiger charge is -2.28. The first-order valence-electron chi connectivity index (χ1n) is 10.8. The van der Waals surface area contributed by atoms with Gasteiger partial charge in [-0.2, -0.15) is 0 Å². The molecule has 2 heterocycles. The molecule has 3 aromatic rings. The number of nitrogens with zero attached hydrogens (tertiary/aromatic N) is 2. The summed E-state index contributed by atoms with van der Waals surface area (Å²) in [5, 5.41) is 1.23. The molecule has 0 saturated carbocycles. The Kier molecular flexibility index (Phi) is 9.66. The quantitative estimate of drug-likeness (QED) is 0.406. The molecule has 0 aliphatic rings. The third-order valence-corrected chi connectivity index (χ3v) is 4.83. The Hall–Kier alpha value is -3.07. The van der Waals surface area contributed by atoms with Crippen LogP contribution in [0.3, 0.4) is 0 Å². The number of rotatable bonds is 8. The van der Waals surface area contributed by atoms with Crippen molar-refractivity contribution in [3.05, 3.63) is 96.6 Å². The third kappa shape index (κ3) is 6.77. The first-order chi connectivity index (χ1) is 14.6. The summed E-state index contributed by atoms with van der Waals surface area (Å²) >= 11 is 0. The smallest absolute Gasteiger partial charge is 0.0454 e. The van der Waals surface area contributed by atoms with Gasteiger partial charge in [-0.05, 0) is 85.2 Å². The number of benzene rings is 1. The molecule has 0 atom stereocenters. The van der Waals surface area contributed by atoms with Crippen molar-refractivity contribution in [3.8, 4) is 0 Å². The molecule has 158 valence electrons. The zero-order valence-electron chi connectivity index (χ0n) is 18.9. The second-order valence-corrected chi connectivity index (χ2v) is 7.35. The molecule has 30 heavy (non-hydrogen) atoms. The zero-order chi connectivity index (χ0) is 21.8. The summed E-state index contributed by atoms with van der Waals surface area (Å²) in [4.78, 5) is 9.54. The highest BCUT2D eigenvalue weighted by atomic mass is 15.1. The molecule has 0 unspecified atom stereocenters. The average molecular weight is 402 g/mol. The Balaban J connectivity index is 0.000000386. The lowest BCUT2D eigenvalue weighted by atomic mass is 10.0. The normalized spacial score (nSPS) is 11.4. The Labute approximate surface area is 181 Å². The number of nitrogens with one attached hydrogen (secondary N) is 1. The van der Waals surface area contributed by atoms with E-state index in [1.165, 1.54) is 27.7 Å². The largest absolute Gasteiger partial charge is 0.371 e. The molecule has 0 amide bonds. The van der Waals surface area contributed by atoms with Gasteiger partial charge in [-0.3, -0.25) is 4.98 Å². The fourth-order valence-electron chi connectivity index (χ4n) is 3.29. The minimum atomic E-state index is 1.06. The van der Waals surface area contributed by atoms with Gasteiger partial charge in [-0.15, -0.1) is 0 Å². The number of hydrogen-bond donors (Lipinski definition) is 1. The summed E-state index contributed by atoms with van der Waals surface area (Å²) in [6, 6.07) is 12.6. The number of H-pyrrole nitrogens is 1. The van der Waals surface area contributed by atoms with E-state index in [9.17, 15) is 0 Å². The number of allylic oxidation sites excluding steroid dienone is 4. The topological polar surface area (TPSA) is 31.9 Å².